The summed E-state index contributed by atoms with van der Waals surface area (Å²) in [6.07, 6.45) is 0. The molecule has 0 N–H and O–H groups in total. The normalized spacial score (nSPS) is 14.7. The van der Waals surface area contributed by atoms with Crippen LogP contribution >= 0.6 is 0 Å². The van der Waals surface area contributed by atoms with Crippen LogP contribution in [0.25, 0.3) is 0 Å². The van der Waals surface area contributed by atoms with Crippen LogP contribution < -0.4 is 0 Å². The summed E-state index contributed by atoms with van der Waals surface area (Å²) in [6.45, 7) is 3.30. The lowest BCUT2D eigenvalue weighted by Crippen LogP contribution is -2.21. The van der Waals surface area contributed by atoms with Gasteiger partial charge in [0, 0.05) is 11.1 Å². The highest BCUT2D eigenvalue weighted by molar-refractivity contribution is 6.68. The molecule has 0 saturated heterocycles. The van der Waals surface area contributed by atoms with E-state index >= 15 is 0 Å². The van der Waals surface area contributed by atoms with Crippen molar-refractivity contribution in [3.05, 3.63) is 22.5 Å². The molecule has 0 aromatic rings. The van der Waals surface area contributed by atoms with Crippen LogP contribution in [0.5, 0.6) is 0 Å². The first-order chi connectivity index (χ1) is 8.96. The number of carbonyl (C=O) groups is 2. The van der Waals surface area contributed by atoms with E-state index in [1.807, 2.05) is 0 Å². The zero-order valence-corrected chi connectivity index (χ0v) is 16.5. The van der Waals surface area contributed by atoms with E-state index in [9.17, 15) is 9.59 Å². The largest absolute Gasteiger partial charge is 0.466 e. The van der Waals surface area contributed by atoms with Crippen molar-refractivity contribution in [3.63, 3.8) is 0 Å². The molecule has 9 heteroatoms. The molecule has 0 aromatic heterocycles. The molecule has 0 fully saturated rings. The Morgan fingerprint density at radius 1 is 1.05 bits per heavy atom. The summed E-state index contributed by atoms with van der Waals surface area (Å²) in [5.41, 5.74) is 4.39. The molecule has 0 radical (unpaired) electrons. The minimum Gasteiger partial charge on any atom is -0.466 e. The number of methoxy groups -OCH3 is 2. The molecule has 0 unspecified atom stereocenters. The van der Waals surface area contributed by atoms with Crippen molar-refractivity contribution >= 4 is 41.5 Å². The molecule has 6 nitrogen and oxygen atoms in total. The smallest absolute Gasteiger partial charge is 0.332 e. The second kappa shape index (κ2) is 9.86. The second-order valence-electron chi connectivity index (χ2n) is 3.72. The molecule has 0 saturated carbocycles. The third-order valence-corrected chi connectivity index (χ3v) is 6.91. The zero-order valence-electron chi connectivity index (χ0n) is 11.9. The molecule has 108 valence electrons. The molecule has 0 spiro atoms. The average molecular weight is 321 g/mol. The van der Waals surface area contributed by atoms with Gasteiger partial charge >= 0.3 is 11.9 Å². The fraction of sp³-hybridized carbons (Fsp3) is 0.400. The molecule has 0 aromatic carbocycles. The van der Waals surface area contributed by atoms with E-state index in [0.717, 1.165) is 0 Å². The minimum absolute atomic E-state index is 0.404. The number of hydrogen-bond donors (Lipinski definition) is 0. The Bertz CT molecular complexity index is 347. The molecule has 0 aliphatic carbocycles. The van der Waals surface area contributed by atoms with Gasteiger partial charge in [0.1, 0.15) is 10.5 Å². The van der Waals surface area contributed by atoms with E-state index < -0.39 is 31.0 Å². The van der Waals surface area contributed by atoms with Gasteiger partial charge in [0.15, 0.2) is 0 Å². The van der Waals surface area contributed by atoms with Gasteiger partial charge in [-0.25, -0.2) is 9.59 Å². The number of carbonyl (C=O) groups excluding carboxylic acids is 2. The Kier molecular flexibility index (Phi) is 9.34. The topological polar surface area (TPSA) is 71.1 Å². The van der Waals surface area contributed by atoms with Crippen molar-refractivity contribution < 1.29 is 27.3 Å². The van der Waals surface area contributed by atoms with E-state index in [0.29, 0.717) is 21.6 Å². The third-order valence-electron chi connectivity index (χ3n) is 2.22. The van der Waals surface area contributed by atoms with Crippen molar-refractivity contribution in [3.8, 4) is 0 Å². The zero-order chi connectivity index (χ0) is 14.8. The van der Waals surface area contributed by atoms with E-state index in [2.05, 4.69) is 9.47 Å². The van der Waals surface area contributed by atoms with Crippen molar-refractivity contribution in [2.24, 2.45) is 0 Å². The molecular weight excluding hydrogens is 300 g/mol. The van der Waals surface area contributed by atoms with Crippen molar-refractivity contribution in [1.82, 2.24) is 0 Å². The predicted molar refractivity (Wildman–Crippen MR) is 79.3 cm³/mol. The lowest BCUT2D eigenvalue weighted by Gasteiger charge is -2.10. The van der Waals surface area contributed by atoms with Gasteiger partial charge in [-0.2, -0.15) is 0 Å². The van der Waals surface area contributed by atoms with Crippen LogP contribution in [0.2, 0.25) is 0 Å². The van der Waals surface area contributed by atoms with Crippen LogP contribution in [0.1, 0.15) is 13.8 Å². The molecule has 0 heterocycles. The maximum absolute atomic E-state index is 11.3. The number of ether oxygens (including phenoxy) is 2. The Morgan fingerprint density at radius 2 is 1.47 bits per heavy atom. The molecule has 19 heavy (non-hydrogen) atoms. The maximum atomic E-state index is 11.3. The van der Waals surface area contributed by atoms with Crippen LogP contribution in [-0.2, 0) is 27.3 Å². The van der Waals surface area contributed by atoms with Crippen LogP contribution in [0.15, 0.2) is 22.5 Å². The summed E-state index contributed by atoms with van der Waals surface area (Å²) >= 11 is 0. The highest BCUT2D eigenvalue weighted by Gasteiger charge is 2.13. The van der Waals surface area contributed by atoms with Gasteiger partial charge in [-0.1, -0.05) is 11.4 Å². The van der Waals surface area contributed by atoms with E-state index in [-0.39, 0.29) is 0 Å². The van der Waals surface area contributed by atoms with Crippen LogP contribution in [0.3, 0.4) is 0 Å². The average Bonchev–Trinajstić information content (AvgIpc) is 2.42. The molecule has 0 aliphatic heterocycles. The maximum Gasteiger partial charge on any atom is 0.332 e. The Morgan fingerprint density at radius 3 is 1.79 bits per heavy atom. The first-order valence-corrected chi connectivity index (χ1v) is 9.37. The lowest BCUT2D eigenvalue weighted by molar-refractivity contribution is -0.136. The number of hydrogen-bond acceptors (Lipinski definition) is 6. The Labute approximate surface area is 120 Å². The Hall–Kier alpha value is -1.01. The predicted octanol–water partition coefficient (Wildman–Crippen LogP) is -1.66. The highest BCUT2D eigenvalue weighted by Crippen LogP contribution is 2.04. The molecule has 0 bridgehead atoms. The van der Waals surface area contributed by atoms with Crippen LogP contribution in [0, 0.1) is 0 Å². The van der Waals surface area contributed by atoms with Gasteiger partial charge < -0.3 is 17.7 Å². The lowest BCUT2D eigenvalue weighted by atomic mass is 10.4. The van der Waals surface area contributed by atoms with Crippen molar-refractivity contribution in [1.29, 1.82) is 0 Å². The van der Waals surface area contributed by atoms with Crippen LogP contribution in [-0.4, -0.2) is 55.7 Å². The first kappa shape index (κ1) is 18.0. The summed E-state index contributed by atoms with van der Waals surface area (Å²) in [5.74, 6) is -0.808. The van der Waals surface area contributed by atoms with Crippen LogP contribution in [0.4, 0.5) is 0 Å². The van der Waals surface area contributed by atoms with E-state index in [1.165, 1.54) is 14.2 Å². The summed E-state index contributed by atoms with van der Waals surface area (Å²) in [6, 6.07) is 0. The van der Waals surface area contributed by atoms with Crippen molar-refractivity contribution in [2.45, 2.75) is 13.8 Å². The molecule has 0 aliphatic rings. The van der Waals surface area contributed by atoms with Gasteiger partial charge in [0.25, 0.3) is 10.0 Å². The van der Waals surface area contributed by atoms with Gasteiger partial charge in [0.2, 0.25) is 9.04 Å². The SMILES string of the molecule is COC(=O)C(C)=C[SiH](C=C(C)C(=O)OC)O[SiH2]O[SiH3]. The van der Waals surface area contributed by atoms with Crippen molar-refractivity contribution in [2.75, 3.05) is 14.2 Å². The van der Waals surface area contributed by atoms with Gasteiger partial charge in [0.05, 0.1) is 14.2 Å². The summed E-state index contributed by atoms with van der Waals surface area (Å²) in [7, 11) is 0.247. The minimum atomic E-state index is -1.97. The molecular formula is C10H20O6Si3. The van der Waals surface area contributed by atoms with Gasteiger partial charge in [-0.15, -0.1) is 0 Å². The first-order valence-electron chi connectivity index (χ1n) is 5.60. The monoisotopic (exact) mass is 320 g/mol. The fourth-order valence-electron chi connectivity index (χ4n) is 1.24. The van der Waals surface area contributed by atoms with Gasteiger partial charge in [-0.05, 0) is 13.8 Å². The summed E-state index contributed by atoms with van der Waals surface area (Å²) < 4.78 is 20.0. The standard InChI is InChI=1S/C10H20O6Si3/c1-7(9(11)13-3)5-19(16-18-15-17)6-8(2)10(12)14-4/h5-6,19H,18H2,1-4,17H3. The molecule has 0 atom stereocenters. The number of esters is 2. The fourth-order valence-corrected chi connectivity index (χ4v) is 5.76. The number of rotatable bonds is 7. The molecule has 0 rings (SSSR count). The quantitative estimate of drug-likeness (QED) is 0.318. The van der Waals surface area contributed by atoms with Gasteiger partial charge in [-0.3, -0.25) is 0 Å². The Balaban J connectivity index is 5.01. The van der Waals surface area contributed by atoms with E-state index in [4.69, 9.17) is 8.23 Å². The molecule has 0 amide bonds. The third kappa shape index (κ3) is 7.22. The summed E-state index contributed by atoms with van der Waals surface area (Å²) in [4.78, 5) is 22.7. The van der Waals surface area contributed by atoms with E-state index in [1.54, 1.807) is 25.2 Å². The second-order valence-corrected chi connectivity index (χ2v) is 9.19. The highest BCUT2D eigenvalue weighted by atomic mass is 28.4. The summed E-state index contributed by atoms with van der Waals surface area (Å²) in [5, 5.41) is 0.